The van der Waals surface area contributed by atoms with Crippen LogP contribution in [0.5, 0.6) is 0 Å². The van der Waals surface area contributed by atoms with Crippen molar-refractivity contribution in [1.82, 2.24) is 4.98 Å². The number of aliphatic hydroxyl groups excluding tert-OH is 1. The average molecular weight is 330 g/mol. The molecule has 2 unspecified atom stereocenters. The smallest absolute Gasteiger partial charge is 0.311 e. The number of rotatable bonds is 4. The number of aliphatic hydroxyl groups is 1. The number of halogens is 1. The lowest BCUT2D eigenvalue weighted by Gasteiger charge is -2.25. The Morgan fingerprint density at radius 2 is 2.32 bits per heavy atom. The molecule has 0 aromatic carbocycles. The molecule has 1 aliphatic rings. The van der Waals surface area contributed by atoms with Gasteiger partial charge in [0, 0.05) is 25.7 Å². The van der Waals surface area contributed by atoms with E-state index in [1.54, 1.807) is 13.2 Å². The number of nitro groups is 1. The normalized spacial score (nSPS) is 22.5. The fraction of sp³-hybridized carbons (Fsp3) is 0.583. The van der Waals surface area contributed by atoms with Gasteiger partial charge in [0.1, 0.15) is 11.9 Å². The van der Waals surface area contributed by atoms with Gasteiger partial charge in [-0.3, -0.25) is 15.1 Å². The van der Waals surface area contributed by atoms with Crippen molar-refractivity contribution in [3.8, 4) is 0 Å². The molecule has 6 nitrogen and oxygen atoms in total. The molecule has 7 heteroatoms. The summed E-state index contributed by atoms with van der Waals surface area (Å²) in [7, 11) is 1.80. The number of anilines is 1. The lowest BCUT2D eigenvalue weighted by molar-refractivity contribution is -0.384. The lowest BCUT2D eigenvalue weighted by Crippen LogP contribution is -2.30. The predicted molar refractivity (Wildman–Crippen MR) is 75.2 cm³/mol. The van der Waals surface area contributed by atoms with E-state index in [9.17, 15) is 15.2 Å². The topological polar surface area (TPSA) is 79.5 Å². The second kappa shape index (κ2) is 5.83. The minimum absolute atomic E-state index is 0.0237. The van der Waals surface area contributed by atoms with Crippen molar-refractivity contribution in [2.45, 2.75) is 25.4 Å². The van der Waals surface area contributed by atoms with Crippen molar-refractivity contribution < 1.29 is 10.0 Å². The van der Waals surface area contributed by atoms with Gasteiger partial charge in [-0.1, -0.05) is 6.42 Å². The Kier molecular flexibility index (Phi) is 4.36. The summed E-state index contributed by atoms with van der Waals surface area (Å²) in [6.45, 7) is 0.602. The van der Waals surface area contributed by atoms with Crippen molar-refractivity contribution in [3.05, 3.63) is 27.0 Å². The first-order valence-electron chi connectivity index (χ1n) is 6.17. The minimum Gasteiger partial charge on any atom is -0.393 e. The Balaban J connectivity index is 2.23. The molecular formula is C12H16BrN3O3. The molecule has 1 heterocycles. The summed E-state index contributed by atoms with van der Waals surface area (Å²) in [6, 6.07) is 0. The van der Waals surface area contributed by atoms with Gasteiger partial charge in [0.2, 0.25) is 0 Å². The third-order valence-corrected chi connectivity index (χ3v) is 4.14. The van der Waals surface area contributed by atoms with Crippen LogP contribution in [0.2, 0.25) is 0 Å². The molecule has 0 amide bonds. The van der Waals surface area contributed by atoms with Gasteiger partial charge in [-0.15, -0.1) is 0 Å². The largest absolute Gasteiger partial charge is 0.393 e. The van der Waals surface area contributed by atoms with Gasteiger partial charge in [-0.25, -0.2) is 0 Å². The molecule has 104 valence electrons. The maximum absolute atomic E-state index is 11.0. The molecule has 1 fully saturated rings. The monoisotopic (exact) mass is 329 g/mol. The molecule has 19 heavy (non-hydrogen) atoms. The predicted octanol–water partition coefficient (Wildman–Crippen LogP) is 2.35. The first-order valence-corrected chi connectivity index (χ1v) is 6.97. The highest BCUT2D eigenvalue weighted by molar-refractivity contribution is 9.10. The molecule has 0 saturated heterocycles. The van der Waals surface area contributed by atoms with Crippen LogP contribution in [-0.4, -0.2) is 34.7 Å². The van der Waals surface area contributed by atoms with E-state index in [-0.39, 0.29) is 17.7 Å². The van der Waals surface area contributed by atoms with Crippen LogP contribution in [0.1, 0.15) is 19.3 Å². The van der Waals surface area contributed by atoms with Crippen LogP contribution in [-0.2, 0) is 0 Å². The zero-order valence-corrected chi connectivity index (χ0v) is 12.2. The van der Waals surface area contributed by atoms with Gasteiger partial charge in [0.25, 0.3) is 0 Å². The highest BCUT2D eigenvalue weighted by Gasteiger charge is 2.29. The Morgan fingerprint density at radius 1 is 1.58 bits per heavy atom. The van der Waals surface area contributed by atoms with Gasteiger partial charge in [0.05, 0.1) is 15.5 Å². The third-order valence-electron chi connectivity index (χ3n) is 3.56. The van der Waals surface area contributed by atoms with E-state index in [0.717, 1.165) is 19.3 Å². The van der Waals surface area contributed by atoms with Gasteiger partial charge < -0.3 is 10.0 Å². The summed E-state index contributed by atoms with van der Waals surface area (Å²) in [5.41, 5.74) is 0.489. The fourth-order valence-corrected chi connectivity index (χ4v) is 3.23. The van der Waals surface area contributed by atoms with Gasteiger partial charge in [-0.05, 0) is 28.8 Å². The molecule has 0 radical (unpaired) electrons. The van der Waals surface area contributed by atoms with Crippen molar-refractivity contribution in [1.29, 1.82) is 0 Å². The second-order valence-corrected chi connectivity index (χ2v) is 5.74. The molecule has 0 aliphatic heterocycles. The van der Waals surface area contributed by atoms with E-state index < -0.39 is 4.92 Å². The van der Waals surface area contributed by atoms with Crippen molar-refractivity contribution in [3.63, 3.8) is 0 Å². The summed E-state index contributed by atoms with van der Waals surface area (Å²) in [4.78, 5) is 16.3. The van der Waals surface area contributed by atoms with Crippen LogP contribution in [0.4, 0.5) is 11.4 Å². The zero-order valence-electron chi connectivity index (χ0n) is 10.6. The summed E-state index contributed by atoms with van der Waals surface area (Å²) >= 11 is 3.31. The van der Waals surface area contributed by atoms with Gasteiger partial charge >= 0.3 is 5.69 Å². The summed E-state index contributed by atoms with van der Waals surface area (Å²) in [6.07, 6.45) is 5.28. The number of pyridine rings is 1. The molecule has 1 aromatic heterocycles. The molecule has 0 spiro atoms. The van der Waals surface area contributed by atoms with E-state index in [0.29, 0.717) is 16.7 Å². The fourth-order valence-electron chi connectivity index (χ4n) is 2.60. The van der Waals surface area contributed by atoms with Crippen LogP contribution in [0.25, 0.3) is 0 Å². The molecule has 0 bridgehead atoms. The van der Waals surface area contributed by atoms with Crippen LogP contribution >= 0.6 is 15.9 Å². The van der Waals surface area contributed by atoms with Crippen LogP contribution < -0.4 is 4.90 Å². The van der Waals surface area contributed by atoms with Gasteiger partial charge in [-0.2, -0.15) is 0 Å². The summed E-state index contributed by atoms with van der Waals surface area (Å²) < 4.78 is 0.594. The summed E-state index contributed by atoms with van der Waals surface area (Å²) in [5.74, 6) is 0.171. The van der Waals surface area contributed by atoms with E-state index in [1.807, 2.05) is 4.90 Å². The lowest BCUT2D eigenvalue weighted by atomic mass is 10.1. The Bertz CT molecular complexity index is 483. The van der Waals surface area contributed by atoms with Crippen molar-refractivity contribution in [2.24, 2.45) is 5.92 Å². The number of aromatic nitrogens is 1. The first kappa shape index (κ1) is 14.2. The molecule has 2 atom stereocenters. The molecule has 1 N–H and O–H groups in total. The first-order chi connectivity index (χ1) is 9.00. The molecule has 1 saturated carbocycles. The quantitative estimate of drug-likeness (QED) is 0.677. The highest BCUT2D eigenvalue weighted by Crippen LogP contribution is 2.36. The van der Waals surface area contributed by atoms with E-state index in [1.165, 1.54) is 6.20 Å². The van der Waals surface area contributed by atoms with Crippen LogP contribution in [0.3, 0.4) is 0 Å². The standard InChI is InChI=1S/C12H16BrN3O3/c1-15(7-8-3-2-4-11(8)17)12-9(13)5-14-6-10(12)16(18)19/h5-6,8,11,17H,2-4,7H2,1H3. The Hall–Kier alpha value is -1.21. The Morgan fingerprint density at radius 3 is 2.89 bits per heavy atom. The zero-order chi connectivity index (χ0) is 14.0. The van der Waals surface area contributed by atoms with E-state index in [4.69, 9.17) is 0 Å². The highest BCUT2D eigenvalue weighted by atomic mass is 79.9. The van der Waals surface area contributed by atoms with Crippen molar-refractivity contribution >= 4 is 27.3 Å². The van der Waals surface area contributed by atoms with Crippen molar-refractivity contribution in [2.75, 3.05) is 18.5 Å². The maximum atomic E-state index is 11.0. The number of nitrogens with zero attached hydrogens (tertiary/aromatic N) is 3. The van der Waals surface area contributed by atoms with Crippen LogP contribution in [0.15, 0.2) is 16.9 Å². The molecule has 1 aliphatic carbocycles. The Labute approximate surface area is 119 Å². The SMILES string of the molecule is CN(CC1CCCC1O)c1c(Br)cncc1[N+](=O)[O-]. The third kappa shape index (κ3) is 3.03. The van der Waals surface area contributed by atoms with E-state index >= 15 is 0 Å². The van der Waals surface area contributed by atoms with E-state index in [2.05, 4.69) is 20.9 Å². The average Bonchev–Trinajstić information content (AvgIpc) is 2.74. The van der Waals surface area contributed by atoms with Crippen LogP contribution in [0, 0.1) is 16.0 Å². The molecule has 1 aromatic rings. The number of hydrogen-bond donors (Lipinski definition) is 1. The van der Waals surface area contributed by atoms with Gasteiger partial charge in [0.15, 0.2) is 0 Å². The minimum atomic E-state index is -0.436. The summed E-state index contributed by atoms with van der Waals surface area (Å²) in [5, 5.41) is 20.9. The molecular weight excluding hydrogens is 314 g/mol. The molecule has 2 rings (SSSR count). The maximum Gasteiger partial charge on any atom is 0.311 e. The number of hydrogen-bond acceptors (Lipinski definition) is 5. The second-order valence-electron chi connectivity index (χ2n) is 4.89.